The Bertz CT molecular complexity index is 227. The molecule has 0 unspecified atom stereocenters. The molecule has 0 bridgehead atoms. The molecule has 0 radical (unpaired) electrons. The van der Waals surface area contributed by atoms with Gasteiger partial charge in [-0.1, -0.05) is 18.2 Å². The summed E-state index contributed by atoms with van der Waals surface area (Å²) >= 11 is 0. The zero-order chi connectivity index (χ0) is 8.10. The number of para-hydroxylation sites is 1. The van der Waals surface area contributed by atoms with Gasteiger partial charge in [-0.2, -0.15) is 0 Å². The third kappa shape index (κ3) is 2.19. The summed E-state index contributed by atoms with van der Waals surface area (Å²) in [6, 6.07) is 6.91. The van der Waals surface area contributed by atoms with E-state index in [1.165, 1.54) is 0 Å². The van der Waals surface area contributed by atoms with E-state index in [2.05, 4.69) is 4.84 Å². The van der Waals surface area contributed by atoms with E-state index >= 15 is 0 Å². The maximum Gasteiger partial charge on any atom is 0.121 e. The van der Waals surface area contributed by atoms with Crippen molar-refractivity contribution in [3.05, 3.63) is 29.8 Å². The normalized spacial score (nSPS) is 9.91. The molecule has 0 fully saturated rings. The van der Waals surface area contributed by atoms with E-state index < -0.39 is 0 Å². The highest BCUT2D eigenvalue weighted by Gasteiger charge is 1.97. The van der Waals surface area contributed by atoms with Crippen LogP contribution in [0.15, 0.2) is 24.3 Å². The number of hydrogen-bond donors (Lipinski definition) is 3. The maximum absolute atomic E-state index is 9.19. The average molecular weight is 154 g/mol. The zero-order valence-corrected chi connectivity index (χ0v) is 5.95. The molecule has 1 aromatic carbocycles. The lowest BCUT2D eigenvalue weighted by Gasteiger charge is -2.02. The van der Waals surface area contributed by atoms with Crippen molar-refractivity contribution in [2.75, 3.05) is 0 Å². The minimum absolute atomic E-state index is 0.211. The van der Waals surface area contributed by atoms with Crippen molar-refractivity contribution >= 4 is 0 Å². The monoisotopic (exact) mass is 154 g/mol. The van der Waals surface area contributed by atoms with Crippen LogP contribution in [0.25, 0.3) is 0 Å². The molecule has 0 heterocycles. The standard InChI is InChI=1S/C7H10N2O2/c8-9-11-5-6-3-1-2-4-7(6)10/h1-4,9-10H,5,8H2. The Labute approximate surface area is 64.5 Å². The Morgan fingerprint density at radius 2 is 2.18 bits per heavy atom. The number of nitrogens with one attached hydrogen (secondary N) is 1. The number of nitrogens with two attached hydrogens (primary N) is 1. The highest BCUT2D eigenvalue weighted by molar-refractivity contribution is 5.30. The smallest absolute Gasteiger partial charge is 0.121 e. The molecule has 1 aromatic rings. The number of aromatic hydroxyl groups is 1. The number of hydrazine groups is 1. The van der Waals surface area contributed by atoms with E-state index in [9.17, 15) is 5.11 Å². The topological polar surface area (TPSA) is 67.5 Å². The molecule has 0 amide bonds. The lowest BCUT2D eigenvalue weighted by Crippen LogP contribution is -2.21. The highest BCUT2D eigenvalue weighted by Crippen LogP contribution is 2.15. The van der Waals surface area contributed by atoms with Crippen LogP contribution >= 0.6 is 0 Å². The Hall–Kier alpha value is -1.10. The van der Waals surface area contributed by atoms with Crippen LogP contribution in [-0.2, 0) is 11.4 Å². The van der Waals surface area contributed by atoms with Crippen molar-refractivity contribution in [2.24, 2.45) is 5.84 Å². The molecular formula is C7H10N2O2. The fourth-order valence-corrected chi connectivity index (χ4v) is 0.752. The molecule has 0 aliphatic heterocycles. The molecule has 60 valence electrons. The van der Waals surface area contributed by atoms with Gasteiger partial charge in [-0.05, 0) is 6.07 Å². The summed E-state index contributed by atoms with van der Waals surface area (Å²) < 4.78 is 0. The third-order valence-corrected chi connectivity index (χ3v) is 1.30. The van der Waals surface area contributed by atoms with E-state index in [-0.39, 0.29) is 12.4 Å². The van der Waals surface area contributed by atoms with Crippen molar-refractivity contribution in [3.8, 4) is 5.75 Å². The molecule has 0 saturated heterocycles. The Morgan fingerprint density at radius 3 is 2.82 bits per heavy atom. The van der Waals surface area contributed by atoms with Crippen molar-refractivity contribution in [2.45, 2.75) is 6.61 Å². The fraction of sp³-hybridized carbons (Fsp3) is 0.143. The van der Waals surface area contributed by atoms with Gasteiger partial charge in [-0.25, -0.2) is 5.84 Å². The molecule has 0 atom stereocenters. The predicted molar refractivity (Wildman–Crippen MR) is 40.2 cm³/mol. The van der Waals surface area contributed by atoms with Gasteiger partial charge in [0.05, 0.1) is 6.61 Å². The Morgan fingerprint density at radius 1 is 1.45 bits per heavy atom. The van der Waals surface area contributed by atoms with E-state index in [0.717, 1.165) is 0 Å². The summed E-state index contributed by atoms with van der Waals surface area (Å²) in [6.45, 7) is 0.253. The lowest BCUT2D eigenvalue weighted by atomic mass is 10.2. The second-order valence-electron chi connectivity index (χ2n) is 2.04. The summed E-state index contributed by atoms with van der Waals surface area (Å²) in [4.78, 5) is 4.67. The summed E-state index contributed by atoms with van der Waals surface area (Å²) in [5.41, 5.74) is 2.73. The van der Waals surface area contributed by atoms with Crippen molar-refractivity contribution in [1.29, 1.82) is 0 Å². The molecule has 11 heavy (non-hydrogen) atoms. The van der Waals surface area contributed by atoms with Gasteiger partial charge in [-0.15, -0.1) is 5.59 Å². The SMILES string of the molecule is NNOCc1ccccc1O. The minimum Gasteiger partial charge on any atom is -0.508 e. The van der Waals surface area contributed by atoms with Crippen LogP contribution in [0.5, 0.6) is 5.75 Å². The number of phenolic OH excluding ortho intramolecular Hbond substituents is 1. The Balaban J connectivity index is 2.62. The van der Waals surface area contributed by atoms with Crippen LogP contribution in [0.4, 0.5) is 0 Å². The summed E-state index contributed by atoms with van der Waals surface area (Å²) in [6.07, 6.45) is 0. The summed E-state index contributed by atoms with van der Waals surface area (Å²) in [5, 5.41) is 9.19. The summed E-state index contributed by atoms with van der Waals surface area (Å²) in [5.74, 6) is 5.08. The first-order valence-electron chi connectivity index (χ1n) is 3.19. The molecule has 0 saturated carbocycles. The van der Waals surface area contributed by atoms with Gasteiger partial charge in [0.2, 0.25) is 0 Å². The average Bonchev–Trinajstić information content (AvgIpc) is 2.03. The molecule has 0 aliphatic carbocycles. The lowest BCUT2D eigenvalue weighted by molar-refractivity contribution is 0.0269. The third-order valence-electron chi connectivity index (χ3n) is 1.30. The molecule has 0 aromatic heterocycles. The van der Waals surface area contributed by atoms with Crippen molar-refractivity contribution in [3.63, 3.8) is 0 Å². The minimum atomic E-state index is 0.211. The fourth-order valence-electron chi connectivity index (χ4n) is 0.752. The van der Waals surface area contributed by atoms with E-state index in [0.29, 0.717) is 5.56 Å². The largest absolute Gasteiger partial charge is 0.508 e. The number of hydrogen-bond acceptors (Lipinski definition) is 4. The molecule has 4 nitrogen and oxygen atoms in total. The molecule has 1 rings (SSSR count). The van der Waals surface area contributed by atoms with E-state index in [1.807, 2.05) is 11.7 Å². The second kappa shape index (κ2) is 3.92. The van der Waals surface area contributed by atoms with Crippen LogP contribution in [0.3, 0.4) is 0 Å². The van der Waals surface area contributed by atoms with Crippen molar-refractivity contribution in [1.82, 2.24) is 5.59 Å². The Kier molecular flexibility index (Phi) is 2.85. The van der Waals surface area contributed by atoms with Gasteiger partial charge in [0.1, 0.15) is 5.75 Å². The number of benzene rings is 1. The quantitative estimate of drug-likeness (QED) is 0.432. The molecule has 0 aliphatic rings. The predicted octanol–water partition coefficient (Wildman–Crippen LogP) is 0.287. The first kappa shape index (κ1) is 8.00. The van der Waals surface area contributed by atoms with Gasteiger partial charge < -0.3 is 5.11 Å². The maximum atomic E-state index is 9.19. The zero-order valence-electron chi connectivity index (χ0n) is 5.95. The van der Waals surface area contributed by atoms with Crippen molar-refractivity contribution < 1.29 is 9.94 Å². The summed E-state index contributed by atoms with van der Waals surface area (Å²) in [7, 11) is 0. The first-order valence-corrected chi connectivity index (χ1v) is 3.19. The van der Waals surface area contributed by atoms with Gasteiger partial charge in [0, 0.05) is 5.56 Å². The number of rotatable bonds is 3. The van der Waals surface area contributed by atoms with Crippen LogP contribution in [0.2, 0.25) is 0 Å². The molecular weight excluding hydrogens is 144 g/mol. The van der Waals surface area contributed by atoms with E-state index in [1.54, 1.807) is 18.2 Å². The highest BCUT2D eigenvalue weighted by atomic mass is 16.7. The number of phenols is 1. The first-order chi connectivity index (χ1) is 5.34. The molecule has 4 N–H and O–H groups in total. The molecule has 0 spiro atoms. The van der Waals surface area contributed by atoms with Gasteiger partial charge >= 0.3 is 0 Å². The van der Waals surface area contributed by atoms with Crippen LogP contribution in [0, 0.1) is 0 Å². The van der Waals surface area contributed by atoms with Gasteiger partial charge in [0.15, 0.2) is 0 Å². The van der Waals surface area contributed by atoms with Crippen LogP contribution in [-0.4, -0.2) is 5.11 Å². The van der Waals surface area contributed by atoms with E-state index in [4.69, 9.17) is 5.84 Å². The van der Waals surface area contributed by atoms with Crippen LogP contribution < -0.4 is 11.4 Å². The van der Waals surface area contributed by atoms with Gasteiger partial charge in [0.25, 0.3) is 0 Å². The van der Waals surface area contributed by atoms with Gasteiger partial charge in [-0.3, -0.25) is 4.84 Å². The molecule has 4 heteroatoms. The second-order valence-corrected chi connectivity index (χ2v) is 2.04. The van der Waals surface area contributed by atoms with Crippen LogP contribution in [0.1, 0.15) is 5.56 Å².